The van der Waals surface area contributed by atoms with E-state index in [-0.39, 0.29) is 28.9 Å². The van der Waals surface area contributed by atoms with Gasteiger partial charge in [-0.15, -0.1) is 0 Å². The number of halogens is 2. The second kappa shape index (κ2) is 11.1. The summed E-state index contributed by atoms with van der Waals surface area (Å²) >= 11 is 6.36. The molecule has 3 rings (SSSR count). The van der Waals surface area contributed by atoms with Crippen molar-refractivity contribution < 1.29 is 23.7 Å². The fraction of sp³-hybridized carbons (Fsp3) is 0.136. The van der Waals surface area contributed by atoms with Gasteiger partial charge >= 0.3 is 5.69 Å². The number of rotatable bonds is 10. The van der Waals surface area contributed by atoms with Crippen molar-refractivity contribution >= 4 is 34.9 Å². The molecule has 10 nitrogen and oxygen atoms in total. The Morgan fingerprint density at radius 3 is 2.56 bits per heavy atom. The molecule has 3 aromatic carbocycles. The van der Waals surface area contributed by atoms with E-state index in [0.717, 1.165) is 12.1 Å². The zero-order valence-electron chi connectivity index (χ0n) is 17.7. The molecule has 0 radical (unpaired) electrons. The zero-order valence-corrected chi connectivity index (χ0v) is 18.5. The van der Waals surface area contributed by atoms with Gasteiger partial charge < -0.3 is 9.47 Å². The van der Waals surface area contributed by atoms with E-state index in [1.54, 1.807) is 31.2 Å². The molecule has 0 unspecified atom stereocenters. The average molecular weight is 489 g/mol. The predicted octanol–water partition coefficient (Wildman–Crippen LogP) is 5.72. The van der Waals surface area contributed by atoms with Crippen molar-refractivity contribution in [3.63, 3.8) is 0 Å². The molecule has 0 spiro atoms. The monoisotopic (exact) mass is 488 g/mol. The lowest BCUT2D eigenvalue weighted by molar-refractivity contribution is -0.393. The highest BCUT2D eigenvalue weighted by Crippen LogP contribution is 2.37. The lowest BCUT2D eigenvalue weighted by Gasteiger charge is -2.14. The molecular weight excluding hydrogens is 471 g/mol. The van der Waals surface area contributed by atoms with Gasteiger partial charge in [0.25, 0.3) is 5.69 Å². The van der Waals surface area contributed by atoms with Crippen LogP contribution in [0.4, 0.5) is 21.5 Å². The van der Waals surface area contributed by atoms with Crippen LogP contribution in [0.5, 0.6) is 11.5 Å². The van der Waals surface area contributed by atoms with E-state index in [0.29, 0.717) is 23.5 Å². The van der Waals surface area contributed by atoms with Crippen LogP contribution in [0.3, 0.4) is 0 Å². The second-order valence-corrected chi connectivity index (χ2v) is 7.17. The van der Waals surface area contributed by atoms with E-state index in [9.17, 15) is 24.6 Å². The molecule has 0 bridgehead atoms. The number of nitrogens with one attached hydrogen (secondary N) is 1. The topological polar surface area (TPSA) is 129 Å². The molecule has 0 atom stereocenters. The molecule has 0 aromatic heterocycles. The van der Waals surface area contributed by atoms with E-state index in [1.165, 1.54) is 24.4 Å². The quantitative estimate of drug-likeness (QED) is 0.219. The van der Waals surface area contributed by atoms with Crippen molar-refractivity contribution in [3.05, 3.63) is 96.8 Å². The summed E-state index contributed by atoms with van der Waals surface area (Å²) < 4.78 is 24.7. The number of hydrogen-bond donors (Lipinski definition) is 1. The van der Waals surface area contributed by atoms with Crippen LogP contribution in [0.15, 0.2) is 59.7 Å². The van der Waals surface area contributed by atoms with Crippen LogP contribution in [-0.4, -0.2) is 22.7 Å². The number of ether oxygens (including phenoxy) is 2. The average Bonchev–Trinajstić information content (AvgIpc) is 2.78. The minimum Gasteiger partial charge on any atom is -0.490 e. The summed E-state index contributed by atoms with van der Waals surface area (Å²) in [7, 11) is 0. The van der Waals surface area contributed by atoms with Crippen LogP contribution < -0.4 is 14.9 Å². The van der Waals surface area contributed by atoms with Crippen molar-refractivity contribution in [1.29, 1.82) is 0 Å². The molecular formula is C22H18ClFN4O6. The maximum Gasteiger partial charge on any atom is 0.301 e. The van der Waals surface area contributed by atoms with Crippen molar-refractivity contribution in [2.45, 2.75) is 13.5 Å². The molecule has 0 aliphatic carbocycles. The first-order valence-corrected chi connectivity index (χ1v) is 10.2. The predicted molar refractivity (Wildman–Crippen MR) is 124 cm³/mol. The number of benzene rings is 3. The highest BCUT2D eigenvalue weighted by molar-refractivity contribution is 6.32. The Balaban J connectivity index is 1.80. The maximum absolute atomic E-state index is 13.4. The molecule has 0 aliphatic heterocycles. The van der Waals surface area contributed by atoms with Gasteiger partial charge in [0.1, 0.15) is 18.1 Å². The first kappa shape index (κ1) is 24.4. The molecule has 0 saturated heterocycles. The van der Waals surface area contributed by atoms with Crippen molar-refractivity contribution in [2.24, 2.45) is 5.10 Å². The van der Waals surface area contributed by atoms with Gasteiger partial charge in [-0.25, -0.2) is 4.39 Å². The Labute approximate surface area is 197 Å². The third-order valence-electron chi connectivity index (χ3n) is 4.39. The van der Waals surface area contributed by atoms with Gasteiger partial charge in [-0.05, 0) is 48.4 Å². The molecule has 176 valence electrons. The standard InChI is InChI=1S/C22H18ClFN4O6/c1-2-33-21-10-15(9-18(23)22(21)34-13-14-4-3-5-16(24)8-14)12-25-26-19-7-6-17(27(29)30)11-20(19)28(31)32/h3-12,26H,2,13H2,1H3/b25-12+. The highest BCUT2D eigenvalue weighted by Gasteiger charge is 2.19. The summed E-state index contributed by atoms with van der Waals surface area (Å²) in [5, 5.41) is 26.3. The normalized spacial score (nSPS) is 10.8. The summed E-state index contributed by atoms with van der Waals surface area (Å²) in [6, 6.07) is 12.3. The van der Waals surface area contributed by atoms with Crippen LogP contribution >= 0.6 is 11.6 Å². The zero-order chi connectivity index (χ0) is 24.7. The van der Waals surface area contributed by atoms with Crippen molar-refractivity contribution in [2.75, 3.05) is 12.0 Å². The number of anilines is 1. The third kappa shape index (κ3) is 6.17. The molecule has 0 aliphatic rings. The van der Waals surface area contributed by atoms with Gasteiger partial charge in [0.15, 0.2) is 11.5 Å². The molecule has 1 N–H and O–H groups in total. The summed E-state index contributed by atoms with van der Waals surface area (Å²) in [6.45, 7) is 2.16. The van der Waals surface area contributed by atoms with Gasteiger partial charge in [0.2, 0.25) is 0 Å². The van der Waals surface area contributed by atoms with Crippen LogP contribution in [-0.2, 0) is 6.61 Å². The largest absolute Gasteiger partial charge is 0.490 e. The van der Waals surface area contributed by atoms with Crippen molar-refractivity contribution in [1.82, 2.24) is 0 Å². The number of hydrazone groups is 1. The third-order valence-corrected chi connectivity index (χ3v) is 4.67. The summed E-state index contributed by atoms with van der Waals surface area (Å²) in [6.07, 6.45) is 1.34. The Hall–Kier alpha value is -4.25. The fourth-order valence-electron chi connectivity index (χ4n) is 2.90. The first-order valence-electron chi connectivity index (χ1n) is 9.84. The molecule has 0 amide bonds. The molecule has 3 aromatic rings. The SMILES string of the molecule is CCOc1cc(/C=N/Nc2ccc([N+](=O)[O-])cc2[N+](=O)[O-])cc(Cl)c1OCc1cccc(F)c1. The van der Waals surface area contributed by atoms with E-state index in [4.69, 9.17) is 21.1 Å². The summed E-state index contributed by atoms with van der Waals surface area (Å²) in [5.41, 5.74) is 2.66. The first-order chi connectivity index (χ1) is 16.3. The molecule has 34 heavy (non-hydrogen) atoms. The molecule has 0 saturated carbocycles. The smallest absolute Gasteiger partial charge is 0.301 e. The lowest BCUT2D eigenvalue weighted by Crippen LogP contribution is -2.02. The summed E-state index contributed by atoms with van der Waals surface area (Å²) in [4.78, 5) is 20.6. The van der Waals surface area contributed by atoms with E-state index in [1.807, 2.05) is 0 Å². The van der Waals surface area contributed by atoms with Crippen LogP contribution in [0, 0.1) is 26.0 Å². The minimum absolute atomic E-state index is 0.0296. The summed E-state index contributed by atoms with van der Waals surface area (Å²) in [5.74, 6) is 0.211. The molecule has 12 heteroatoms. The Morgan fingerprint density at radius 2 is 1.88 bits per heavy atom. The Bertz CT molecular complexity index is 1250. The lowest BCUT2D eigenvalue weighted by atomic mass is 10.2. The van der Waals surface area contributed by atoms with E-state index >= 15 is 0 Å². The number of nitro groups is 2. The second-order valence-electron chi connectivity index (χ2n) is 6.77. The number of nitro benzene ring substituents is 2. The Kier molecular flexibility index (Phi) is 7.93. The van der Waals surface area contributed by atoms with Crippen LogP contribution in [0.25, 0.3) is 0 Å². The maximum atomic E-state index is 13.4. The van der Waals surface area contributed by atoms with E-state index in [2.05, 4.69) is 10.5 Å². The van der Waals surface area contributed by atoms with Gasteiger partial charge in [-0.3, -0.25) is 25.7 Å². The minimum atomic E-state index is -0.750. The van der Waals surface area contributed by atoms with Gasteiger partial charge in [-0.2, -0.15) is 5.10 Å². The van der Waals surface area contributed by atoms with Gasteiger partial charge in [-0.1, -0.05) is 23.7 Å². The Morgan fingerprint density at radius 1 is 1.09 bits per heavy atom. The highest BCUT2D eigenvalue weighted by atomic mass is 35.5. The number of hydrogen-bond acceptors (Lipinski definition) is 8. The number of non-ortho nitro benzene ring substituents is 1. The van der Waals surface area contributed by atoms with Gasteiger partial charge in [0.05, 0.1) is 33.8 Å². The van der Waals surface area contributed by atoms with Gasteiger partial charge in [0, 0.05) is 6.07 Å². The fourth-order valence-corrected chi connectivity index (χ4v) is 3.18. The van der Waals surface area contributed by atoms with Crippen molar-refractivity contribution in [3.8, 4) is 11.5 Å². The number of nitrogens with zero attached hydrogens (tertiary/aromatic N) is 3. The molecule has 0 heterocycles. The van der Waals surface area contributed by atoms with E-state index < -0.39 is 21.2 Å². The van der Waals surface area contributed by atoms with Crippen LogP contribution in [0.1, 0.15) is 18.1 Å². The van der Waals surface area contributed by atoms with Crippen LogP contribution in [0.2, 0.25) is 5.02 Å². The molecule has 0 fully saturated rings.